The lowest BCUT2D eigenvalue weighted by molar-refractivity contribution is -0.120. The van der Waals surface area contributed by atoms with E-state index in [9.17, 15) is 4.79 Å². The van der Waals surface area contributed by atoms with Gasteiger partial charge in [0.05, 0.1) is 0 Å². The quantitative estimate of drug-likeness (QED) is 0.368. The van der Waals surface area contributed by atoms with Crippen molar-refractivity contribution in [2.45, 2.75) is 13.1 Å². The second-order valence-corrected chi connectivity index (χ2v) is 3.65. The minimum Gasteiger partial charge on any atom is -0.525 e. The summed E-state index contributed by atoms with van der Waals surface area (Å²) in [5.74, 6) is 0. The average Bonchev–Trinajstić information content (AvgIpc) is 1.35. The summed E-state index contributed by atoms with van der Waals surface area (Å²) in [6.45, 7) is 4.39. The SMILES string of the molecule is C[SiH](C)OC=O. The summed E-state index contributed by atoms with van der Waals surface area (Å²) in [4.78, 5) is 9.43. The molecular formula is C3H8O2Si. The predicted molar refractivity (Wildman–Crippen MR) is 26.0 cm³/mol. The van der Waals surface area contributed by atoms with Gasteiger partial charge in [0.15, 0.2) is 0 Å². The van der Waals surface area contributed by atoms with Gasteiger partial charge in [0.1, 0.15) is 0 Å². The third kappa shape index (κ3) is 3.69. The van der Waals surface area contributed by atoms with Gasteiger partial charge >= 0.3 is 0 Å². The second-order valence-electron chi connectivity index (χ2n) is 1.28. The zero-order valence-corrected chi connectivity index (χ0v) is 5.13. The molecule has 0 saturated heterocycles. The first-order valence-corrected chi connectivity index (χ1v) is 4.64. The van der Waals surface area contributed by atoms with Crippen LogP contribution >= 0.6 is 0 Å². The molecule has 0 fully saturated rings. The standard InChI is InChI=1S/C3H8O2Si/c1-6(2)5-3-4/h3,6H,1-2H3. The first kappa shape index (κ1) is 5.69. The molecular weight excluding hydrogens is 96.1 g/mol. The first-order valence-electron chi connectivity index (χ1n) is 1.86. The number of hydrogen-bond donors (Lipinski definition) is 0. The van der Waals surface area contributed by atoms with Crippen molar-refractivity contribution in [2.75, 3.05) is 0 Å². The van der Waals surface area contributed by atoms with E-state index in [4.69, 9.17) is 0 Å². The van der Waals surface area contributed by atoms with Gasteiger partial charge in [-0.3, -0.25) is 4.79 Å². The summed E-state index contributed by atoms with van der Waals surface area (Å²) in [5.41, 5.74) is 0. The highest BCUT2D eigenvalue weighted by Crippen LogP contribution is 1.74. The van der Waals surface area contributed by atoms with Gasteiger partial charge in [0.25, 0.3) is 6.47 Å². The van der Waals surface area contributed by atoms with E-state index in [0.717, 1.165) is 0 Å². The summed E-state index contributed by atoms with van der Waals surface area (Å²) in [6.07, 6.45) is 0. The Morgan fingerprint density at radius 3 is 2.17 bits per heavy atom. The number of carbonyl (C=O) groups is 1. The van der Waals surface area contributed by atoms with Crippen molar-refractivity contribution in [1.82, 2.24) is 0 Å². The van der Waals surface area contributed by atoms with Crippen LogP contribution in [-0.4, -0.2) is 15.5 Å². The first-order chi connectivity index (χ1) is 2.77. The third-order valence-corrected chi connectivity index (χ3v) is 0.983. The molecule has 0 spiro atoms. The molecule has 0 amide bonds. The fraction of sp³-hybridized carbons (Fsp3) is 0.667. The van der Waals surface area contributed by atoms with Crippen LogP contribution in [0, 0.1) is 0 Å². The highest BCUT2D eigenvalue weighted by Gasteiger charge is 1.88. The summed E-state index contributed by atoms with van der Waals surface area (Å²) in [6, 6.07) is 0. The third-order valence-electron chi connectivity index (χ3n) is 0.328. The molecule has 0 aromatic carbocycles. The molecule has 3 heteroatoms. The van der Waals surface area contributed by atoms with Crippen molar-refractivity contribution in [3.8, 4) is 0 Å². The Kier molecular flexibility index (Phi) is 2.75. The van der Waals surface area contributed by atoms with Gasteiger partial charge in [-0.05, 0) is 13.1 Å². The van der Waals surface area contributed by atoms with E-state index >= 15 is 0 Å². The van der Waals surface area contributed by atoms with E-state index in [-0.39, 0.29) is 0 Å². The van der Waals surface area contributed by atoms with Gasteiger partial charge in [-0.2, -0.15) is 0 Å². The van der Waals surface area contributed by atoms with Gasteiger partial charge in [-0.15, -0.1) is 0 Å². The molecule has 0 rings (SSSR count). The molecule has 0 unspecified atom stereocenters. The van der Waals surface area contributed by atoms with Crippen molar-refractivity contribution < 1.29 is 9.22 Å². The Morgan fingerprint density at radius 1 is 1.67 bits per heavy atom. The molecule has 0 saturated carbocycles. The van der Waals surface area contributed by atoms with Gasteiger partial charge in [0.2, 0.25) is 9.04 Å². The molecule has 0 aliphatic heterocycles. The summed E-state index contributed by atoms with van der Waals surface area (Å²) in [5, 5.41) is 0. The van der Waals surface area contributed by atoms with Gasteiger partial charge in [-0.1, -0.05) is 0 Å². The minimum atomic E-state index is -1.04. The second kappa shape index (κ2) is 2.90. The molecule has 0 aliphatic carbocycles. The van der Waals surface area contributed by atoms with Crippen LogP contribution in [0.5, 0.6) is 0 Å². The molecule has 0 aromatic rings. The van der Waals surface area contributed by atoms with Crippen molar-refractivity contribution in [2.24, 2.45) is 0 Å². The summed E-state index contributed by atoms with van der Waals surface area (Å²) < 4.78 is 4.50. The highest BCUT2D eigenvalue weighted by molar-refractivity contribution is 6.49. The van der Waals surface area contributed by atoms with E-state index < -0.39 is 9.04 Å². The molecule has 36 valence electrons. The Balaban J connectivity index is 2.81. The van der Waals surface area contributed by atoms with Crippen LogP contribution < -0.4 is 0 Å². The fourth-order valence-corrected chi connectivity index (χ4v) is 0.333. The van der Waals surface area contributed by atoms with Crippen molar-refractivity contribution in [1.29, 1.82) is 0 Å². The summed E-state index contributed by atoms with van der Waals surface area (Å²) >= 11 is 0. The average molecular weight is 104 g/mol. The van der Waals surface area contributed by atoms with Crippen LogP contribution in [0.15, 0.2) is 0 Å². The van der Waals surface area contributed by atoms with Gasteiger partial charge in [-0.25, -0.2) is 0 Å². The molecule has 2 nitrogen and oxygen atoms in total. The smallest absolute Gasteiger partial charge is 0.279 e. The fourth-order valence-electron chi connectivity index (χ4n) is 0.111. The van der Waals surface area contributed by atoms with E-state index in [1.165, 1.54) is 0 Å². The molecule has 0 atom stereocenters. The molecule has 0 bridgehead atoms. The van der Waals surface area contributed by atoms with Crippen molar-refractivity contribution in [3.63, 3.8) is 0 Å². The van der Waals surface area contributed by atoms with Crippen LogP contribution in [0.25, 0.3) is 0 Å². The van der Waals surface area contributed by atoms with E-state index in [0.29, 0.717) is 6.47 Å². The number of carbonyl (C=O) groups excluding carboxylic acids is 1. The molecule has 0 N–H and O–H groups in total. The highest BCUT2D eigenvalue weighted by atomic mass is 28.3. The minimum absolute atomic E-state index is 0.511. The monoisotopic (exact) mass is 104 g/mol. The topological polar surface area (TPSA) is 26.3 Å². The molecule has 6 heavy (non-hydrogen) atoms. The zero-order valence-electron chi connectivity index (χ0n) is 3.97. The van der Waals surface area contributed by atoms with Crippen molar-refractivity contribution >= 4 is 15.5 Å². The van der Waals surface area contributed by atoms with Gasteiger partial charge < -0.3 is 4.43 Å². The Morgan fingerprint density at radius 2 is 2.17 bits per heavy atom. The van der Waals surface area contributed by atoms with Crippen LogP contribution in [0.1, 0.15) is 0 Å². The van der Waals surface area contributed by atoms with Crippen LogP contribution in [-0.2, 0) is 9.22 Å². The number of hydrogen-bond acceptors (Lipinski definition) is 2. The Bertz CT molecular complexity index is 44.1. The van der Waals surface area contributed by atoms with Crippen molar-refractivity contribution in [3.05, 3.63) is 0 Å². The van der Waals surface area contributed by atoms with E-state index in [2.05, 4.69) is 4.43 Å². The lowest BCUT2D eigenvalue weighted by Crippen LogP contribution is -2.04. The van der Waals surface area contributed by atoms with E-state index in [1.807, 2.05) is 13.1 Å². The predicted octanol–water partition coefficient (Wildman–Crippen LogP) is 0.143. The number of rotatable bonds is 2. The Hall–Kier alpha value is -0.313. The van der Waals surface area contributed by atoms with E-state index in [1.54, 1.807) is 0 Å². The normalized spacial score (nSPS) is 8.50. The maximum absolute atomic E-state index is 9.43. The molecule has 0 aliphatic rings. The van der Waals surface area contributed by atoms with Gasteiger partial charge in [0, 0.05) is 0 Å². The maximum Gasteiger partial charge on any atom is 0.279 e. The lowest BCUT2D eigenvalue weighted by atomic mass is 11.7. The molecule has 0 aromatic heterocycles. The van der Waals surface area contributed by atoms with Crippen LogP contribution in [0.2, 0.25) is 13.1 Å². The van der Waals surface area contributed by atoms with Crippen LogP contribution in [0.3, 0.4) is 0 Å². The largest absolute Gasteiger partial charge is 0.525 e. The maximum atomic E-state index is 9.43. The summed E-state index contributed by atoms with van der Waals surface area (Å²) in [7, 11) is -1.04. The lowest BCUT2D eigenvalue weighted by Gasteiger charge is -1.94. The molecule has 0 radical (unpaired) electrons. The Labute approximate surface area is 38.8 Å². The zero-order chi connectivity index (χ0) is 4.99. The molecule has 0 heterocycles. The van der Waals surface area contributed by atoms with Crippen LogP contribution in [0.4, 0.5) is 0 Å².